The molecule has 1 saturated heterocycles. The third kappa shape index (κ3) is 4.93. The average molecular weight is 216 g/mol. The molecule has 2 N–H and O–H groups in total. The zero-order valence-corrected chi connectivity index (χ0v) is 10.1. The molecular formula is C11H24N2O2. The maximum absolute atomic E-state index is 6.00. The minimum absolute atomic E-state index is 0.141. The minimum Gasteiger partial charge on any atom is -0.376 e. The van der Waals surface area contributed by atoms with Crippen molar-refractivity contribution in [1.82, 2.24) is 4.90 Å². The Hall–Kier alpha value is -0.160. The molecule has 2 atom stereocenters. The van der Waals surface area contributed by atoms with Crippen molar-refractivity contribution in [3.63, 3.8) is 0 Å². The predicted octanol–water partition coefficient (Wildman–Crippen LogP) is 0.459. The molecule has 1 heterocycles. The second kappa shape index (κ2) is 6.43. The first kappa shape index (κ1) is 12.9. The van der Waals surface area contributed by atoms with Gasteiger partial charge in [-0.1, -0.05) is 0 Å². The van der Waals surface area contributed by atoms with Crippen LogP contribution in [0.1, 0.15) is 20.3 Å². The molecule has 0 aliphatic carbocycles. The summed E-state index contributed by atoms with van der Waals surface area (Å²) in [6, 6.07) is 0.141. The quantitative estimate of drug-likeness (QED) is 0.678. The monoisotopic (exact) mass is 216 g/mol. The van der Waals surface area contributed by atoms with Gasteiger partial charge in [-0.2, -0.15) is 0 Å². The van der Waals surface area contributed by atoms with Crippen molar-refractivity contribution in [3.8, 4) is 0 Å². The fourth-order valence-electron chi connectivity index (χ4n) is 1.82. The lowest BCUT2D eigenvalue weighted by Crippen LogP contribution is -2.51. The lowest BCUT2D eigenvalue weighted by atomic mass is 10.0. The average Bonchev–Trinajstić information content (AvgIpc) is 2.14. The Morgan fingerprint density at radius 1 is 1.40 bits per heavy atom. The van der Waals surface area contributed by atoms with Gasteiger partial charge < -0.3 is 20.1 Å². The van der Waals surface area contributed by atoms with Crippen molar-refractivity contribution in [2.45, 2.75) is 38.5 Å². The first-order chi connectivity index (χ1) is 7.09. The molecule has 0 saturated carbocycles. The van der Waals surface area contributed by atoms with Crippen LogP contribution in [0.2, 0.25) is 0 Å². The summed E-state index contributed by atoms with van der Waals surface area (Å²) in [4.78, 5) is 2.25. The summed E-state index contributed by atoms with van der Waals surface area (Å²) in [6.45, 7) is 7.37. The van der Waals surface area contributed by atoms with Gasteiger partial charge in [0.25, 0.3) is 0 Å². The van der Waals surface area contributed by atoms with Gasteiger partial charge in [0.1, 0.15) is 0 Å². The molecule has 1 aliphatic rings. The molecule has 0 bridgehead atoms. The number of piperidine rings is 1. The summed E-state index contributed by atoms with van der Waals surface area (Å²) < 4.78 is 11.1. The second-order valence-corrected chi connectivity index (χ2v) is 4.54. The molecule has 0 amide bonds. The summed E-state index contributed by atoms with van der Waals surface area (Å²) in [5.74, 6) is 0. The SMILES string of the molecule is CC(C)OCCOC1CCN(C)CC1N. The van der Waals surface area contributed by atoms with Gasteiger partial charge in [-0.3, -0.25) is 0 Å². The molecule has 15 heavy (non-hydrogen) atoms. The van der Waals surface area contributed by atoms with E-state index in [4.69, 9.17) is 15.2 Å². The molecule has 0 aromatic heterocycles. The standard InChI is InChI=1S/C11H24N2O2/c1-9(2)14-6-7-15-11-4-5-13(3)8-10(11)12/h9-11H,4-8,12H2,1-3H3. The zero-order valence-electron chi connectivity index (χ0n) is 10.1. The maximum Gasteiger partial charge on any atom is 0.0751 e. The van der Waals surface area contributed by atoms with Crippen molar-refractivity contribution in [2.24, 2.45) is 5.73 Å². The molecule has 0 radical (unpaired) electrons. The summed E-state index contributed by atoms with van der Waals surface area (Å²) in [7, 11) is 2.10. The molecule has 4 nitrogen and oxygen atoms in total. The van der Waals surface area contributed by atoms with Gasteiger partial charge >= 0.3 is 0 Å². The van der Waals surface area contributed by atoms with Crippen molar-refractivity contribution in [1.29, 1.82) is 0 Å². The van der Waals surface area contributed by atoms with Crippen LogP contribution in [0.15, 0.2) is 0 Å². The van der Waals surface area contributed by atoms with Crippen LogP contribution < -0.4 is 5.73 Å². The van der Waals surface area contributed by atoms with Crippen LogP contribution in [0, 0.1) is 0 Å². The highest BCUT2D eigenvalue weighted by atomic mass is 16.5. The van der Waals surface area contributed by atoms with Gasteiger partial charge in [0.05, 0.1) is 25.4 Å². The van der Waals surface area contributed by atoms with Gasteiger partial charge in [0.15, 0.2) is 0 Å². The topological polar surface area (TPSA) is 47.7 Å². The Labute approximate surface area is 92.7 Å². The number of likely N-dealkylation sites (tertiary alicyclic amines) is 1. The highest BCUT2D eigenvalue weighted by Gasteiger charge is 2.24. The minimum atomic E-state index is 0.141. The lowest BCUT2D eigenvalue weighted by Gasteiger charge is -2.34. The fourth-order valence-corrected chi connectivity index (χ4v) is 1.82. The van der Waals surface area contributed by atoms with E-state index in [1.54, 1.807) is 0 Å². The Kier molecular flexibility index (Phi) is 5.53. The number of hydrogen-bond donors (Lipinski definition) is 1. The number of likely N-dealkylation sites (N-methyl/N-ethyl adjacent to an activating group) is 1. The van der Waals surface area contributed by atoms with Crippen molar-refractivity contribution in [3.05, 3.63) is 0 Å². The Morgan fingerprint density at radius 3 is 2.73 bits per heavy atom. The van der Waals surface area contributed by atoms with Crippen LogP contribution in [0.5, 0.6) is 0 Å². The van der Waals surface area contributed by atoms with E-state index in [2.05, 4.69) is 11.9 Å². The number of nitrogens with two attached hydrogens (primary N) is 1. The third-order valence-corrected chi connectivity index (χ3v) is 2.66. The normalized spacial score (nSPS) is 28.6. The van der Waals surface area contributed by atoms with E-state index in [1.807, 2.05) is 13.8 Å². The Balaban J connectivity index is 2.10. The van der Waals surface area contributed by atoms with Crippen LogP contribution in [0.25, 0.3) is 0 Å². The maximum atomic E-state index is 6.00. The molecule has 2 unspecified atom stereocenters. The lowest BCUT2D eigenvalue weighted by molar-refractivity contribution is -0.0393. The van der Waals surface area contributed by atoms with E-state index in [0.29, 0.717) is 13.2 Å². The van der Waals surface area contributed by atoms with Crippen molar-refractivity contribution < 1.29 is 9.47 Å². The van der Waals surface area contributed by atoms with E-state index in [0.717, 1.165) is 19.5 Å². The fraction of sp³-hybridized carbons (Fsp3) is 1.00. The van der Waals surface area contributed by atoms with E-state index < -0.39 is 0 Å². The molecular weight excluding hydrogens is 192 g/mol. The summed E-state index contributed by atoms with van der Waals surface area (Å²) in [5, 5.41) is 0. The number of ether oxygens (including phenoxy) is 2. The van der Waals surface area contributed by atoms with E-state index in [-0.39, 0.29) is 18.2 Å². The van der Waals surface area contributed by atoms with Gasteiger partial charge in [-0.15, -0.1) is 0 Å². The molecule has 4 heteroatoms. The zero-order chi connectivity index (χ0) is 11.3. The highest BCUT2D eigenvalue weighted by molar-refractivity contribution is 4.82. The largest absolute Gasteiger partial charge is 0.376 e. The third-order valence-electron chi connectivity index (χ3n) is 2.66. The van der Waals surface area contributed by atoms with Gasteiger partial charge in [-0.25, -0.2) is 0 Å². The highest BCUT2D eigenvalue weighted by Crippen LogP contribution is 2.11. The van der Waals surface area contributed by atoms with Crippen LogP contribution in [0.3, 0.4) is 0 Å². The van der Waals surface area contributed by atoms with Gasteiger partial charge in [0.2, 0.25) is 0 Å². The second-order valence-electron chi connectivity index (χ2n) is 4.54. The molecule has 1 rings (SSSR count). The van der Waals surface area contributed by atoms with Crippen LogP contribution >= 0.6 is 0 Å². The number of nitrogens with zero attached hydrogens (tertiary/aromatic N) is 1. The first-order valence-corrected chi connectivity index (χ1v) is 5.77. The summed E-state index contributed by atoms with van der Waals surface area (Å²) in [5.41, 5.74) is 6.00. The molecule has 0 aromatic rings. The van der Waals surface area contributed by atoms with Crippen LogP contribution in [-0.4, -0.2) is 56.5 Å². The Bertz CT molecular complexity index is 176. The van der Waals surface area contributed by atoms with Crippen molar-refractivity contribution >= 4 is 0 Å². The molecule has 0 spiro atoms. The summed E-state index contributed by atoms with van der Waals surface area (Å²) in [6.07, 6.45) is 1.51. The Morgan fingerprint density at radius 2 is 2.13 bits per heavy atom. The number of rotatable bonds is 5. The molecule has 1 aliphatic heterocycles. The first-order valence-electron chi connectivity index (χ1n) is 5.77. The predicted molar refractivity (Wildman–Crippen MR) is 60.9 cm³/mol. The van der Waals surface area contributed by atoms with E-state index in [1.165, 1.54) is 0 Å². The van der Waals surface area contributed by atoms with Crippen molar-refractivity contribution in [2.75, 3.05) is 33.4 Å². The smallest absolute Gasteiger partial charge is 0.0751 e. The summed E-state index contributed by atoms with van der Waals surface area (Å²) >= 11 is 0. The number of hydrogen-bond acceptors (Lipinski definition) is 4. The van der Waals surface area contributed by atoms with Gasteiger partial charge in [0, 0.05) is 19.1 Å². The molecule has 1 fully saturated rings. The van der Waals surface area contributed by atoms with Gasteiger partial charge in [-0.05, 0) is 27.3 Å². The van der Waals surface area contributed by atoms with Crippen LogP contribution in [-0.2, 0) is 9.47 Å². The molecule has 0 aromatic carbocycles. The van der Waals surface area contributed by atoms with E-state index in [9.17, 15) is 0 Å². The molecule has 90 valence electrons. The van der Waals surface area contributed by atoms with E-state index >= 15 is 0 Å². The van der Waals surface area contributed by atoms with Crippen LogP contribution in [0.4, 0.5) is 0 Å².